The number of anilines is 1. The van der Waals surface area contributed by atoms with Crippen molar-refractivity contribution < 1.29 is 13.9 Å². The van der Waals surface area contributed by atoms with Crippen LogP contribution in [0.5, 0.6) is 0 Å². The fraction of sp³-hybridized carbons (Fsp3) is 0.174. The smallest absolute Gasteiger partial charge is 0.415 e. The van der Waals surface area contributed by atoms with E-state index in [1.165, 1.54) is 12.1 Å². The van der Waals surface area contributed by atoms with Gasteiger partial charge in [-0.15, -0.1) is 0 Å². The van der Waals surface area contributed by atoms with E-state index in [1.54, 1.807) is 11.0 Å². The third kappa shape index (κ3) is 3.80. The van der Waals surface area contributed by atoms with Gasteiger partial charge in [-0.25, -0.2) is 9.18 Å². The first-order valence-electron chi connectivity index (χ1n) is 9.16. The Labute approximate surface area is 171 Å². The van der Waals surface area contributed by atoms with E-state index in [0.717, 1.165) is 33.3 Å². The molecule has 0 fully saturated rings. The number of amides is 1. The summed E-state index contributed by atoms with van der Waals surface area (Å²) in [5, 5.41) is 0. The van der Waals surface area contributed by atoms with Crippen LogP contribution in [0.4, 0.5) is 14.9 Å². The van der Waals surface area contributed by atoms with E-state index in [1.807, 2.05) is 54.6 Å². The van der Waals surface area contributed by atoms with E-state index in [2.05, 4.69) is 15.9 Å². The normalized spacial score (nSPS) is 15.8. The number of hydrogen-bond acceptors (Lipinski definition) is 2. The maximum atomic E-state index is 13.8. The highest BCUT2D eigenvalue weighted by atomic mass is 79.9. The van der Waals surface area contributed by atoms with Crippen LogP contribution in [0.15, 0.2) is 77.3 Å². The number of hydrogen-bond donors (Lipinski definition) is 0. The standard InChI is InChI=1S/C23H19BrFNO2/c24-20-10-5-11-22-19(20)12-13-21(17-8-4-9-18(25)14-17)26(22)23(27)28-15-16-6-2-1-3-7-16/h1-11,14,21H,12-13,15H2. The minimum atomic E-state index is -0.433. The minimum Gasteiger partial charge on any atom is -0.444 e. The van der Waals surface area contributed by atoms with Crippen LogP contribution in [0.3, 0.4) is 0 Å². The summed E-state index contributed by atoms with van der Waals surface area (Å²) < 4.78 is 20.4. The van der Waals surface area contributed by atoms with E-state index in [0.29, 0.717) is 6.42 Å². The second-order valence-corrected chi connectivity index (χ2v) is 7.61. The van der Waals surface area contributed by atoms with Gasteiger partial charge < -0.3 is 4.74 Å². The largest absolute Gasteiger partial charge is 0.444 e. The maximum Gasteiger partial charge on any atom is 0.415 e. The second-order valence-electron chi connectivity index (χ2n) is 6.76. The number of fused-ring (bicyclic) bond motifs is 1. The number of rotatable bonds is 3. The summed E-state index contributed by atoms with van der Waals surface area (Å²) >= 11 is 3.58. The molecule has 5 heteroatoms. The summed E-state index contributed by atoms with van der Waals surface area (Å²) in [5.41, 5.74) is 3.55. The van der Waals surface area contributed by atoms with Crippen molar-refractivity contribution in [3.05, 3.63) is 99.8 Å². The zero-order valence-electron chi connectivity index (χ0n) is 15.1. The molecular weight excluding hydrogens is 421 g/mol. The average molecular weight is 440 g/mol. The van der Waals surface area contributed by atoms with E-state index < -0.39 is 6.09 Å². The van der Waals surface area contributed by atoms with Crippen LogP contribution in [0.25, 0.3) is 0 Å². The summed E-state index contributed by atoms with van der Waals surface area (Å²) in [6, 6.07) is 21.5. The molecule has 1 aliphatic heterocycles. The van der Waals surface area contributed by atoms with Gasteiger partial charge >= 0.3 is 6.09 Å². The monoisotopic (exact) mass is 439 g/mol. The molecule has 1 atom stereocenters. The summed E-state index contributed by atoms with van der Waals surface area (Å²) in [6.45, 7) is 0.190. The van der Waals surface area contributed by atoms with Crippen LogP contribution >= 0.6 is 15.9 Å². The first-order valence-corrected chi connectivity index (χ1v) is 9.95. The summed E-state index contributed by atoms with van der Waals surface area (Å²) in [6.07, 6.45) is 1.05. The molecule has 0 bridgehead atoms. The molecule has 1 aliphatic rings. The van der Waals surface area contributed by atoms with Gasteiger partial charge in [-0.2, -0.15) is 0 Å². The van der Waals surface area contributed by atoms with Crippen LogP contribution < -0.4 is 4.90 Å². The molecule has 28 heavy (non-hydrogen) atoms. The van der Waals surface area contributed by atoms with Gasteiger partial charge in [-0.1, -0.05) is 64.5 Å². The molecule has 0 saturated heterocycles. The van der Waals surface area contributed by atoms with E-state index >= 15 is 0 Å². The molecule has 3 nitrogen and oxygen atoms in total. The molecule has 0 saturated carbocycles. The predicted molar refractivity (Wildman–Crippen MR) is 111 cm³/mol. The number of benzene rings is 3. The number of carbonyl (C=O) groups excluding carboxylic acids is 1. The Hall–Kier alpha value is -2.66. The molecule has 0 radical (unpaired) electrons. The van der Waals surface area contributed by atoms with Crippen LogP contribution in [0.1, 0.15) is 29.2 Å². The molecule has 0 aliphatic carbocycles. The second kappa shape index (κ2) is 8.15. The van der Waals surface area contributed by atoms with Crippen LogP contribution in [0, 0.1) is 5.82 Å². The zero-order valence-corrected chi connectivity index (χ0v) is 16.7. The molecule has 1 unspecified atom stereocenters. The fourth-order valence-corrected chi connectivity index (χ4v) is 4.20. The Morgan fingerprint density at radius 2 is 1.86 bits per heavy atom. The first kappa shape index (κ1) is 18.7. The van der Waals surface area contributed by atoms with Gasteiger partial charge in [-0.05, 0) is 53.8 Å². The third-order valence-corrected chi connectivity index (χ3v) is 5.71. The molecule has 4 rings (SSSR count). The fourth-order valence-electron chi connectivity index (χ4n) is 3.64. The average Bonchev–Trinajstić information content (AvgIpc) is 2.72. The van der Waals surface area contributed by atoms with Crippen molar-refractivity contribution >= 4 is 27.7 Å². The topological polar surface area (TPSA) is 29.5 Å². The molecule has 0 aromatic heterocycles. The molecule has 1 heterocycles. The zero-order chi connectivity index (χ0) is 19.5. The van der Waals surface area contributed by atoms with Gasteiger partial charge in [0.2, 0.25) is 0 Å². The quantitative estimate of drug-likeness (QED) is 0.471. The molecule has 142 valence electrons. The van der Waals surface area contributed by atoms with Crippen molar-refractivity contribution in [1.82, 2.24) is 0 Å². The maximum absolute atomic E-state index is 13.8. The molecule has 1 amide bonds. The molecule has 0 spiro atoms. The lowest BCUT2D eigenvalue weighted by molar-refractivity contribution is 0.143. The highest BCUT2D eigenvalue weighted by molar-refractivity contribution is 9.10. The lowest BCUT2D eigenvalue weighted by atomic mass is 9.91. The number of halogens is 2. The Bertz CT molecular complexity index is 993. The lowest BCUT2D eigenvalue weighted by Gasteiger charge is -2.37. The highest BCUT2D eigenvalue weighted by Gasteiger charge is 2.34. The predicted octanol–water partition coefficient (Wildman–Crippen LogP) is 6.42. The number of ether oxygens (including phenoxy) is 1. The Balaban J connectivity index is 1.68. The van der Waals surface area contributed by atoms with E-state index in [9.17, 15) is 9.18 Å². The van der Waals surface area contributed by atoms with Gasteiger partial charge in [-0.3, -0.25) is 4.90 Å². The van der Waals surface area contributed by atoms with Gasteiger partial charge in [0.15, 0.2) is 0 Å². The van der Waals surface area contributed by atoms with Crippen molar-refractivity contribution in [3.63, 3.8) is 0 Å². The van der Waals surface area contributed by atoms with Crippen molar-refractivity contribution in [3.8, 4) is 0 Å². The SMILES string of the molecule is O=C(OCc1ccccc1)N1c2cccc(Br)c2CCC1c1cccc(F)c1. The lowest BCUT2D eigenvalue weighted by Crippen LogP contribution is -2.39. The Morgan fingerprint density at radius 1 is 1.07 bits per heavy atom. The Morgan fingerprint density at radius 3 is 2.64 bits per heavy atom. The number of carbonyl (C=O) groups is 1. The van der Waals surface area contributed by atoms with Gasteiger partial charge in [0.25, 0.3) is 0 Å². The van der Waals surface area contributed by atoms with Crippen LogP contribution in [-0.2, 0) is 17.8 Å². The molecule has 0 N–H and O–H groups in total. The minimum absolute atomic E-state index is 0.190. The van der Waals surface area contributed by atoms with E-state index in [-0.39, 0.29) is 18.5 Å². The number of nitrogens with zero attached hydrogens (tertiary/aromatic N) is 1. The van der Waals surface area contributed by atoms with Crippen LogP contribution in [0.2, 0.25) is 0 Å². The summed E-state index contributed by atoms with van der Waals surface area (Å²) in [7, 11) is 0. The summed E-state index contributed by atoms with van der Waals surface area (Å²) in [4.78, 5) is 14.8. The molecule has 3 aromatic rings. The van der Waals surface area contributed by atoms with Crippen molar-refractivity contribution in [2.24, 2.45) is 0 Å². The third-order valence-electron chi connectivity index (χ3n) is 4.97. The van der Waals surface area contributed by atoms with Gasteiger partial charge in [0.05, 0.1) is 11.7 Å². The first-order chi connectivity index (χ1) is 13.6. The molecule has 3 aromatic carbocycles. The van der Waals surface area contributed by atoms with Gasteiger partial charge in [0.1, 0.15) is 12.4 Å². The van der Waals surface area contributed by atoms with Crippen molar-refractivity contribution in [1.29, 1.82) is 0 Å². The molecular formula is C23H19BrFNO2. The van der Waals surface area contributed by atoms with Crippen molar-refractivity contribution in [2.45, 2.75) is 25.5 Å². The van der Waals surface area contributed by atoms with Crippen LogP contribution in [-0.4, -0.2) is 6.09 Å². The van der Waals surface area contributed by atoms with Crippen molar-refractivity contribution in [2.75, 3.05) is 4.90 Å². The summed E-state index contributed by atoms with van der Waals surface area (Å²) in [5.74, 6) is -0.310. The highest BCUT2D eigenvalue weighted by Crippen LogP contribution is 2.41. The van der Waals surface area contributed by atoms with E-state index in [4.69, 9.17) is 4.74 Å². The van der Waals surface area contributed by atoms with Gasteiger partial charge in [0, 0.05) is 4.47 Å². The Kier molecular flexibility index (Phi) is 5.44.